The number of pyridine rings is 1. The highest BCUT2D eigenvalue weighted by Gasteiger charge is 2.37. The van der Waals surface area contributed by atoms with Gasteiger partial charge in [-0.1, -0.05) is 6.07 Å². The molecule has 9 nitrogen and oxygen atoms in total. The highest BCUT2D eigenvalue weighted by molar-refractivity contribution is 5.86. The summed E-state index contributed by atoms with van der Waals surface area (Å²) in [6, 6.07) is 5.20. The minimum Gasteiger partial charge on any atom is -0.444 e. The quantitative estimate of drug-likeness (QED) is 0.737. The number of piperidine rings is 1. The zero-order valence-corrected chi connectivity index (χ0v) is 20.5. The molecule has 0 bridgehead atoms. The fourth-order valence-corrected chi connectivity index (χ4v) is 4.54. The van der Waals surface area contributed by atoms with Crippen LogP contribution in [0.4, 0.5) is 16.4 Å². The van der Waals surface area contributed by atoms with E-state index in [0.29, 0.717) is 44.7 Å². The molecule has 2 aromatic rings. The number of anilines is 2. The maximum absolute atomic E-state index is 13.6. The van der Waals surface area contributed by atoms with Crippen LogP contribution in [-0.4, -0.2) is 68.0 Å². The van der Waals surface area contributed by atoms with Crippen LogP contribution in [0.15, 0.2) is 24.4 Å². The van der Waals surface area contributed by atoms with E-state index in [9.17, 15) is 9.59 Å². The first-order valence-electron chi connectivity index (χ1n) is 12.0. The molecule has 0 aromatic carbocycles. The lowest BCUT2D eigenvalue weighted by molar-refractivity contribution is -0.138. The van der Waals surface area contributed by atoms with Gasteiger partial charge in [0.05, 0.1) is 5.69 Å². The van der Waals surface area contributed by atoms with Crippen LogP contribution in [0, 0.1) is 6.92 Å². The number of ether oxygens (including phenoxy) is 1. The van der Waals surface area contributed by atoms with Crippen LogP contribution in [-0.2, 0) is 22.4 Å². The number of amides is 2. The van der Waals surface area contributed by atoms with Crippen LogP contribution in [0.2, 0.25) is 0 Å². The monoisotopic (exact) mass is 466 g/mol. The fourth-order valence-electron chi connectivity index (χ4n) is 4.54. The second-order valence-corrected chi connectivity index (χ2v) is 9.90. The molecule has 9 heteroatoms. The smallest absolute Gasteiger partial charge is 0.410 e. The van der Waals surface area contributed by atoms with Gasteiger partial charge in [0.25, 0.3) is 0 Å². The molecule has 2 amide bonds. The Labute approximate surface area is 200 Å². The average Bonchev–Trinajstić information content (AvgIpc) is 3.01. The predicted molar refractivity (Wildman–Crippen MR) is 129 cm³/mol. The van der Waals surface area contributed by atoms with Crippen LogP contribution in [0.25, 0.3) is 0 Å². The topological polar surface area (TPSA) is 101 Å². The molecule has 0 radical (unpaired) electrons. The van der Waals surface area contributed by atoms with Crippen molar-refractivity contribution < 1.29 is 14.3 Å². The molecule has 4 rings (SSSR count). The number of rotatable bonds is 3. The Hall–Kier alpha value is -3.23. The Morgan fingerprint density at radius 3 is 2.62 bits per heavy atom. The van der Waals surface area contributed by atoms with E-state index in [0.717, 1.165) is 35.7 Å². The molecule has 34 heavy (non-hydrogen) atoms. The number of hydrogen-bond donors (Lipinski definition) is 1. The molecule has 1 N–H and O–H groups in total. The van der Waals surface area contributed by atoms with Gasteiger partial charge in [0, 0.05) is 37.8 Å². The number of nitrogens with zero attached hydrogens (tertiary/aromatic N) is 5. The lowest BCUT2D eigenvalue weighted by Gasteiger charge is -2.38. The van der Waals surface area contributed by atoms with Crippen molar-refractivity contribution in [3.8, 4) is 0 Å². The maximum atomic E-state index is 13.6. The number of aromatic nitrogens is 3. The summed E-state index contributed by atoms with van der Waals surface area (Å²) in [6.07, 6.45) is 5.06. The number of carbonyl (C=O) groups is 2. The third kappa shape index (κ3) is 5.63. The summed E-state index contributed by atoms with van der Waals surface area (Å²) in [6.45, 7) is 9.06. The molecule has 4 heterocycles. The minimum absolute atomic E-state index is 0.0118. The number of carbonyl (C=O) groups excluding carboxylic acids is 2. The normalized spacial score (nSPS) is 18.6. The van der Waals surface area contributed by atoms with E-state index in [-0.39, 0.29) is 5.91 Å². The Balaban J connectivity index is 1.50. The third-order valence-electron chi connectivity index (χ3n) is 6.09. The molecular weight excluding hydrogens is 432 g/mol. The van der Waals surface area contributed by atoms with Crippen molar-refractivity contribution in [3.63, 3.8) is 0 Å². The summed E-state index contributed by atoms with van der Waals surface area (Å²) in [7, 11) is 0. The molecule has 0 aliphatic carbocycles. The molecule has 2 aliphatic rings. The zero-order valence-electron chi connectivity index (χ0n) is 20.5. The van der Waals surface area contributed by atoms with Gasteiger partial charge >= 0.3 is 6.09 Å². The van der Waals surface area contributed by atoms with E-state index in [1.165, 1.54) is 0 Å². The molecule has 0 saturated carbocycles. The molecule has 182 valence electrons. The first kappa shape index (κ1) is 23.9. The van der Waals surface area contributed by atoms with Crippen molar-refractivity contribution >= 4 is 23.6 Å². The van der Waals surface area contributed by atoms with Crippen LogP contribution >= 0.6 is 0 Å². The first-order chi connectivity index (χ1) is 16.2. The van der Waals surface area contributed by atoms with E-state index >= 15 is 0 Å². The van der Waals surface area contributed by atoms with E-state index in [4.69, 9.17) is 4.74 Å². The summed E-state index contributed by atoms with van der Waals surface area (Å²) >= 11 is 0. The number of hydrogen-bond acceptors (Lipinski definition) is 7. The largest absolute Gasteiger partial charge is 0.444 e. The van der Waals surface area contributed by atoms with Crippen molar-refractivity contribution in [2.24, 2.45) is 0 Å². The number of aryl methyl sites for hydroxylation is 1. The molecule has 1 saturated heterocycles. The predicted octanol–water partition coefficient (Wildman–Crippen LogP) is 3.64. The highest BCUT2D eigenvalue weighted by atomic mass is 16.6. The molecule has 2 aliphatic heterocycles. The van der Waals surface area contributed by atoms with Crippen molar-refractivity contribution in [2.75, 3.05) is 25.0 Å². The van der Waals surface area contributed by atoms with Gasteiger partial charge in [-0.2, -0.15) is 0 Å². The molecule has 1 atom stereocenters. The van der Waals surface area contributed by atoms with Gasteiger partial charge in [-0.15, -0.1) is 0 Å². The molecule has 0 spiro atoms. The standard InChI is InChI=1S/C25H34N6O3/c1-17-27-19-12-16-30(15-11-18(19)22(28-17)29-21-10-5-7-13-26-21)23(32)20-9-6-8-14-31(20)24(33)34-25(2,3)4/h5,7,10,13,20H,6,8-9,11-12,14-16H2,1-4H3,(H,26,27,28,29)/t20-/m1/s1. The highest BCUT2D eigenvalue weighted by Crippen LogP contribution is 2.26. The maximum Gasteiger partial charge on any atom is 0.410 e. The van der Waals surface area contributed by atoms with Crippen molar-refractivity contribution in [3.05, 3.63) is 41.5 Å². The summed E-state index contributed by atoms with van der Waals surface area (Å²) < 4.78 is 5.59. The second kappa shape index (κ2) is 9.95. The summed E-state index contributed by atoms with van der Waals surface area (Å²) in [4.78, 5) is 43.5. The Kier molecular flexibility index (Phi) is 7.00. The van der Waals surface area contributed by atoms with Gasteiger partial charge < -0.3 is 15.0 Å². The van der Waals surface area contributed by atoms with E-state index < -0.39 is 17.7 Å². The van der Waals surface area contributed by atoms with Crippen LogP contribution in [0.1, 0.15) is 57.1 Å². The van der Waals surface area contributed by atoms with E-state index in [1.807, 2.05) is 50.8 Å². The molecule has 0 unspecified atom stereocenters. The number of fused-ring (bicyclic) bond motifs is 1. The molecule has 1 fully saturated rings. The van der Waals surface area contributed by atoms with Gasteiger partial charge in [0.15, 0.2) is 0 Å². The van der Waals surface area contributed by atoms with Crippen molar-refractivity contribution in [2.45, 2.75) is 71.4 Å². The second-order valence-electron chi connectivity index (χ2n) is 9.90. The van der Waals surface area contributed by atoms with Gasteiger partial charge in [-0.3, -0.25) is 9.69 Å². The third-order valence-corrected chi connectivity index (χ3v) is 6.09. The Morgan fingerprint density at radius 2 is 1.88 bits per heavy atom. The van der Waals surface area contributed by atoms with Gasteiger partial charge in [0.1, 0.15) is 29.1 Å². The molecular formula is C25H34N6O3. The van der Waals surface area contributed by atoms with Gasteiger partial charge in [-0.25, -0.2) is 19.7 Å². The lowest BCUT2D eigenvalue weighted by Crippen LogP contribution is -2.54. The first-order valence-corrected chi connectivity index (χ1v) is 12.0. The average molecular weight is 467 g/mol. The summed E-state index contributed by atoms with van der Waals surface area (Å²) in [5, 5.41) is 3.32. The lowest BCUT2D eigenvalue weighted by atomic mass is 10.0. The van der Waals surface area contributed by atoms with Crippen molar-refractivity contribution in [1.29, 1.82) is 0 Å². The van der Waals surface area contributed by atoms with Crippen molar-refractivity contribution in [1.82, 2.24) is 24.8 Å². The summed E-state index contributed by atoms with van der Waals surface area (Å²) in [5.41, 5.74) is 1.37. The van der Waals surface area contributed by atoms with Gasteiger partial charge in [-0.05, 0) is 65.5 Å². The SMILES string of the molecule is Cc1nc2c(c(Nc3ccccn3)n1)CCN(C(=O)[C@H]1CCCCN1C(=O)OC(C)(C)C)CC2. The minimum atomic E-state index is -0.597. The van der Waals surface area contributed by atoms with Gasteiger partial charge in [0.2, 0.25) is 5.91 Å². The Bertz CT molecular complexity index is 1040. The van der Waals surface area contributed by atoms with E-state index in [1.54, 1.807) is 11.1 Å². The van der Waals surface area contributed by atoms with Crippen LogP contribution < -0.4 is 5.32 Å². The summed E-state index contributed by atoms with van der Waals surface area (Å²) in [5.74, 6) is 2.13. The van der Waals surface area contributed by atoms with E-state index in [2.05, 4.69) is 20.3 Å². The fraction of sp³-hybridized carbons (Fsp3) is 0.560. The number of likely N-dealkylation sites (tertiary alicyclic amines) is 1. The number of nitrogens with one attached hydrogen (secondary N) is 1. The zero-order chi connectivity index (χ0) is 24.3. The van der Waals surface area contributed by atoms with Crippen LogP contribution in [0.3, 0.4) is 0 Å². The molecule has 2 aromatic heterocycles. The van der Waals surface area contributed by atoms with Crippen LogP contribution in [0.5, 0.6) is 0 Å². The Morgan fingerprint density at radius 1 is 1.09 bits per heavy atom.